The van der Waals surface area contributed by atoms with Crippen LogP contribution in [0.5, 0.6) is 0 Å². The Hall–Kier alpha value is -0.900. The number of aliphatic hydroxyl groups is 1. The van der Waals surface area contributed by atoms with Gasteiger partial charge < -0.3 is 10.4 Å². The van der Waals surface area contributed by atoms with Crippen LogP contribution in [0, 0.1) is 5.41 Å². The van der Waals surface area contributed by atoms with E-state index in [2.05, 4.69) is 5.32 Å². The van der Waals surface area contributed by atoms with Crippen molar-refractivity contribution in [3.8, 4) is 0 Å². The van der Waals surface area contributed by atoms with Crippen molar-refractivity contribution in [2.75, 3.05) is 13.2 Å². The molecule has 1 rings (SSSR count). The normalized spacial score (nSPS) is 19.1. The lowest BCUT2D eigenvalue weighted by Crippen LogP contribution is -2.41. The molecule has 4 heteroatoms. The molecule has 0 spiro atoms. The summed E-state index contributed by atoms with van der Waals surface area (Å²) < 4.78 is 0. The largest absolute Gasteiger partial charge is 0.396 e. The molecule has 1 aliphatic carbocycles. The molecule has 0 atom stereocenters. The van der Waals surface area contributed by atoms with E-state index in [0.717, 1.165) is 25.7 Å². The molecule has 0 aromatic carbocycles. The van der Waals surface area contributed by atoms with E-state index in [9.17, 15) is 14.7 Å². The van der Waals surface area contributed by atoms with E-state index in [1.54, 1.807) is 0 Å². The Labute approximate surface area is 96.4 Å². The lowest BCUT2D eigenvalue weighted by atomic mass is 9.74. The monoisotopic (exact) mass is 227 g/mol. The van der Waals surface area contributed by atoms with E-state index >= 15 is 0 Å². The van der Waals surface area contributed by atoms with Gasteiger partial charge in [-0.15, -0.1) is 0 Å². The highest BCUT2D eigenvalue weighted by molar-refractivity contribution is 5.96. The van der Waals surface area contributed by atoms with Gasteiger partial charge in [0.05, 0.1) is 13.0 Å². The Morgan fingerprint density at radius 3 is 2.38 bits per heavy atom. The maximum atomic E-state index is 11.3. The van der Waals surface area contributed by atoms with E-state index in [4.69, 9.17) is 0 Å². The Morgan fingerprint density at radius 1 is 1.25 bits per heavy atom. The third-order valence-electron chi connectivity index (χ3n) is 3.32. The van der Waals surface area contributed by atoms with Crippen LogP contribution in [0.3, 0.4) is 0 Å². The van der Waals surface area contributed by atoms with Crippen LogP contribution in [0.25, 0.3) is 0 Å². The smallest absolute Gasteiger partial charge is 0.227 e. The Kier molecular flexibility index (Phi) is 4.93. The Balaban J connectivity index is 2.38. The average molecular weight is 227 g/mol. The molecule has 0 saturated heterocycles. The van der Waals surface area contributed by atoms with Crippen molar-refractivity contribution in [1.29, 1.82) is 0 Å². The first kappa shape index (κ1) is 13.2. The summed E-state index contributed by atoms with van der Waals surface area (Å²) in [6, 6.07) is 0. The van der Waals surface area contributed by atoms with Crippen molar-refractivity contribution in [3.05, 3.63) is 0 Å². The summed E-state index contributed by atoms with van der Waals surface area (Å²) in [5.41, 5.74) is -0.148. The third-order valence-corrected chi connectivity index (χ3v) is 3.32. The van der Waals surface area contributed by atoms with E-state index in [1.165, 1.54) is 13.3 Å². The fraction of sp³-hybridized carbons (Fsp3) is 0.833. The molecule has 4 nitrogen and oxygen atoms in total. The maximum absolute atomic E-state index is 11.3. The van der Waals surface area contributed by atoms with Crippen molar-refractivity contribution >= 4 is 11.7 Å². The predicted octanol–water partition coefficient (Wildman–Crippen LogP) is 1.02. The van der Waals surface area contributed by atoms with Gasteiger partial charge in [-0.25, -0.2) is 0 Å². The molecule has 0 aromatic rings. The van der Waals surface area contributed by atoms with Gasteiger partial charge in [0.25, 0.3) is 0 Å². The summed E-state index contributed by atoms with van der Waals surface area (Å²) in [6.45, 7) is 2.02. The quantitative estimate of drug-likeness (QED) is 0.689. The number of amides is 1. The van der Waals surface area contributed by atoms with Gasteiger partial charge in [0.15, 0.2) is 0 Å². The highest BCUT2D eigenvalue weighted by atomic mass is 16.3. The lowest BCUT2D eigenvalue weighted by molar-refractivity contribution is -0.127. The second kappa shape index (κ2) is 5.99. The molecule has 1 amide bonds. The molecular weight excluding hydrogens is 206 g/mol. The van der Waals surface area contributed by atoms with Gasteiger partial charge in [0.1, 0.15) is 5.78 Å². The molecule has 92 valence electrons. The topological polar surface area (TPSA) is 66.4 Å². The van der Waals surface area contributed by atoms with E-state index < -0.39 is 0 Å². The second-order valence-electron chi connectivity index (χ2n) is 4.87. The van der Waals surface area contributed by atoms with Crippen molar-refractivity contribution in [2.45, 2.75) is 45.4 Å². The average Bonchev–Trinajstić information content (AvgIpc) is 2.27. The zero-order valence-corrected chi connectivity index (χ0v) is 9.92. The van der Waals surface area contributed by atoms with Crippen molar-refractivity contribution in [3.63, 3.8) is 0 Å². The van der Waals surface area contributed by atoms with Gasteiger partial charge >= 0.3 is 0 Å². The fourth-order valence-corrected chi connectivity index (χ4v) is 2.27. The number of aliphatic hydroxyl groups excluding tert-OH is 1. The Morgan fingerprint density at radius 2 is 1.88 bits per heavy atom. The molecule has 0 aliphatic heterocycles. The van der Waals surface area contributed by atoms with Crippen LogP contribution < -0.4 is 5.32 Å². The van der Waals surface area contributed by atoms with E-state index in [1.807, 2.05) is 0 Å². The van der Waals surface area contributed by atoms with Crippen molar-refractivity contribution in [1.82, 2.24) is 5.32 Å². The standard InChI is InChI=1S/C12H21NO3/c1-10(15)7-11(16)13-8-12(9-14)5-3-2-4-6-12/h14H,2-9H2,1H3,(H,13,16). The minimum atomic E-state index is -0.231. The maximum Gasteiger partial charge on any atom is 0.227 e. The third kappa shape index (κ3) is 3.93. The number of ketones is 1. The number of carbonyl (C=O) groups excluding carboxylic acids is 2. The molecule has 2 N–H and O–H groups in total. The van der Waals surface area contributed by atoms with Gasteiger partial charge in [-0.1, -0.05) is 19.3 Å². The predicted molar refractivity (Wildman–Crippen MR) is 60.9 cm³/mol. The number of nitrogens with one attached hydrogen (secondary N) is 1. The van der Waals surface area contributed by atoms with Crippen LogP contribution >= 0.6 is 0 Å². The molecule has 1 saturated carbocycles. The zero-order chi connectivity index (χ0) is 12.0. The second-order valence-corrected chi connectivity index (χ2v) is 4.87. The van der Waals surface area contributed by atoms with Gasteiger partial charge in [0.2, 0.25) is 5.91 Å². The van der Waals surface area contributed by atoms with Crippen LogP contribution in [-0.4, -0.2) is 29.9 Å². The van der Waals surface area contributed by atoms with Gasteiger partial charge in [0, 0.05) is 12.0 Å². The number of hydrogen-bond acceptors (Lipinski definition) is 3. The summed E-state index contributed by atoms with van der Waals surface area (Å²) in [4.78, 5) is 22.1. The van der Waals surface area contributed by atoms with E-state index in [-0.39, 0.29) is 30.1 Å². The van der Waals surface area contributed by atoms with Gasteiger partial charge in [-0.2, -0.15) is 0 Å². The molecule has 16 heavy (non-hydrogen) atoms. The number of carbonyl (C=O) groups is 2. The molecule has 0 aromatic heterocycles. The van der Waals surface area contributed by atoms with Crippen LogP contribution in [0.2, 0.25) is 0 Å². The molecule has 1 aliphatic rings. The highest BCUT2D eigenvalue weighted by Gasteiger charge is 2.31. The summed E-state index contributed by atoms with van der Waals surface area (Å²) >= 11 is 0. The zero-order valence-electron chi connectivity index (χ0n) is 9.92. The number of hydrogen-bond donors (Lipinski definition) is 2. The van der Waals surface area contributed by atoms with Crippen molar-refractivity contribution in [2.24, 2.45) is 5.41 Å². The van der Waals surface area contributed by atoms with Crippen LogP contribution in [0.15, 0.2) is 0 Å². The highest BCUT2D eigenvalue weighted by Crippen LogP contribution is 2.35. The fourth-order valence-electron chi connectivity index (χ4n) is 2.27. The first-order valence-electron chi connectivity index (χ1n) is 5.95. The molecule has 0 heterocycles. The summed E-state index contributed by atoms with van der Waals surface area (Å²) in [5.74, 6) is -0.356. The number of Topliss-reactive ketones (excluding diaryl/α,β-unsaturated/α-hetero) is 1. The first-order chi connectivity index (χ1) is 7.58. The first-order valence-corrected chi connectivity index (χ1v) is 5.95. The molecule has 0 unspecified atom stereocenters. The van der Waals surface area contributed by atoms with E-state index in [0.29, 0.717) is 6.54 Å². The summed E-state index contributed by atoms with van der Waals surface area (Å²) in [7, 11) is 0. The molecular formula is C12H21NO3. The number of rotatable bonds is 5. The van der Waals surface area contributed by atoms with Gasteiger partial charge in [-0.05, 0) is 19.8 Å². The van der Waals surface area contributed by atoms with Crippen molar-refractivity contribution < 1.29 is 14.7 Å². The minimum Gasteiger partial charge on any atom is -0.396 e. The SMILES string of the molecule is CC(=O)CC(=O)NCC1(CO)CCCCC1. The lowest BCUT2D eigenvalue weighted by Gasteiger charge is -2.35. The van der Waals surface area contributed by atoms with Crippen LogP contribution in [0.1, 0.15) is 45.4 Å². The summed E-state index contributed by atoms with van der Waals surface area (Å²) in [5, 5.41) is 12.2. The minimum absolute atomic E-state index is 0.0541. The molecule has 0 radical (unpaired) electrons. The van der Waals surface area contributed by atoms with Crippen LogP contribution in [0.4, 0.5) is 0 Å². The Bertz CT molecular complexity index is 257. The summed E-state index contributed by atoms with van der Waals surface area (Å²) in [6.07, 6.45) is 5.31. The van der Waals surface area contributed by atoms with Gasteiger partial charge in [-0.3, -0.25) is 9.59 Å². The molecule has 0 bridgehead atoms. The van der Waals surface area contributed by atoms with Crippen LogP contribution in [-0.2, 0) is 9.59 Å². The molecule has 1 fully saturated rings.